The number of benzene rings is 1. The van der Waals surface area contributed by atoms with Gasteiger partial charge in [-0.3, -0.25) is 14.4 Å². The van der Waals surface area contributed by atoms with Gasteiger partial charge in [0.15, 0.2) is 0 Å². The number of rotatable bonds is 10. The van der Waals surface area contributed by atoms with Crippen LogP contribution in [0.25, 0.3) is 0 Å². The van der Waals surface area contributed by atoms with Gasteiger partial charge < -0.3 is 19.6 Å². The number of fused-ring (bicyclic) bond motifs is 1. The molecule has 37 heavy (non-hydrogen) atoms. The van der Waals surface area contributed by atoms with E-state index < -0.39 is 28.7 Å². The molecule has 1 aromatic rings. The average Bonchev–Trinajstić information content (AvgIpc) is 3.47. The third-order valence-electron chi connectivity index (χ3n) is 8.54. The van der Waals surface area contributed by atoms with Crippen LogP contribution in [0.15, 0.2) is 36.9 Å². The number of para-hydroxylation sites is 1. The van der Waals surface area contributed by atoms with E-state index in [2.05, 4.69) is 13.5 Å². The average molecular weight is 549 g/mol. The molecule has 1 aromatic carbocycles. The van der Waals surface area contributed by atoms with E-state index >= 15 is 0 Å². The molecule has 2 amide bonds. The van der Waals surface area contributed by atoms with Crippen molar-refractivity contribution in [1.29, 1.82) is 0 Å². The maximum Gasteiger partial charge on any atom is 0.310 e. The summed E-state index contributed by atoms with van der Waals surface area (Å²) < 4.78 is 4.62. The Hall–Kier alpha value is -2.03. The van der Waals surface area contributed by atoms with Crippen molar-refractivity contribution in [3.05, 3.63) is 41.9 Å². The quantitative estimate of drug-likeness (QED) is 0.349. The lowest BCUT2D eigenvalue weighted by molar-refractivity contribution is -0.154. The number of carbonyl (C=O) groups excluding carboxylic acids is 3. The molecule has 9 heteroatoms. The van der Waals surface area contributed by atoms with E-state index in [0.29, 0.717) is 10.7 Å². The first-order valence-corrected chi connectivity index (χ1v) is 14.4. The van der Waals surface area contributed by atoms with Crippen LogP contribution >= 0.6 is 23.4 Å². The number of hydrogen-bond donors (Lipinski definition) is 1. The fraction of sp³-hybridized carbons (Fsp3) is 0.607. The fourth-order valence-corrected chi connectivity index (χ4v) is 9.30. The smallest absolute Gasteiger partial charge is 0.310 e. The van der Waals surface area contributed by atoms with Gasteiger partial charge in [-0.25, -0.2) is 0 Å². The third kappa shape index (κ3) is 4.29. The van der Waals surface area contributed by atoms with E-state index in [4.69, 9.17) is 16.3 Å². The van der Waals surface area contributed by atoms with Crippen LogP contribution < -0.4 is 4.90 Å². The number of thioether (sulfide) groups is 1. The minimum absolute atomic E-state index is 0.00850. The number of likely N-dealkylation sites (tertiary alicyclic amines) is 1. The molecule has 1 spiro atoms. The topological polar surface area (TPSA) is 87.2 Å². The van der Waals surface area contributed by atoms with Crippen LogP contribution in [0.5, 0.6) is 0 Å². The van der Waals surface area contributed by atoms with Gasteiger partial charge in [0.2, 0.25) is 5.91 Å². The summed E-state index contributed by atoms with van der Waals surface area (Å²) in [6.45, 7) is 11.8. The molecule has 0 saturated carbocycles. The molecule has 3 unspecified atom stereocenters. The first kappa shape index (κ1) is 28.0. The van der Waals surface area contributed by atoms with Crippen molar-refractivity contribution < 1.29 is 24.2 Å². The predicted molar refractivity (Wildman–Crippen MR) is 146 cm³/mol. The largest absolute Gasteiger partial charge is 0.466 e. The van der Waals surface area contributed by atoms with Crippen LogP contribution in [0.1, 0.15) is 40.5 Å². The van der Waals surface area contributed by atoms with Crippen LogP contribution in [-0.2, 0) is 19.1 Å². The van der Waals surface area contributed by atoms with E-state index in [1.165, 1.54) is 0 Å². The number of aliphatic hydroxyl groups excluding tert-OH is 1. The second kappa shape index (κ2) is 11.0. The number of halogens is 1. The number of hydrogen-bond acceptors (Lipinski definition) is 6. The summed E-state index contributed by atoms with van der Waals surface area (Å²) in [5.74, 6) is -2.23. The zero-order chi connectivity index (χ0) is 27.1. The Morgan fingerprint density at radius 1 is 1.38 bits per heavy atom. The number of ether oxygens (including phenoxy) is 1. The monoisotopic (exact) mass is 548 g/mol. The van der Waals surface area contributed by atoms with Gasteiger partial charge in [-0.1, -0.05) is 57.0 Å². The molecule has 1 N–H and O–H groups in total. The van der Waals surface area contributed by atoms with Crippen molar-refractivity contribution in [2.24, 2.45) is 23.7 Å². The lowest BCUT2D eigenvalue weighted by Crippen LogP contribution is -2.60. The number of esters is 1. The lowest BCUT2D eigenvalue weighted by Gasteiger charge is -2.43. The minimum atomic E-state index is -0.864. The molecule has 0 aromatic heterocycles. The number of nitrogens with zero attached hydrogens (tertiary/aromatic N) is 2. The highest BCUT2D eigenvalue weighted by atomic mass is 35.5. The molecule has 202 valence electrons. The Bertz CT molecular complexity index is 1070. The number of aliphatic hydroxyl groups is 1. The van der Waals surface area contributed by atoms with Crippen LogP contribution in [0.3, 0.4) is 0 Å². The highest BCUT2D eigenvalue weighted by Gasteiger charge is 2.77. The Morgan fingerprint density at radius 3 is 2.68 bits per heavy atom. The Balaban J connectivity index is 1.89. The molecular weight excluding hydrogens is 512 g/mol. The van der Waals surface area contributed by atoms with Crippen molar-refractivity contribution in [2.75, 3.05) is 24.7 Å². The Morgan fingerprint density at radius 2 is 2.08 bits per heavy atom. The summed E-state index contributed by atoms with van der Waals surface area (Å²) in [6.07, 6.45) is 3.08. The van der Waals surface area contributed by atoms with Gasteiger partial charge in [-0.15, -0.1) is 18.3 Å². The molecule has 0 aliphatic carbocycles. The molecule has 0 radical (unpaired) electrons. The van der Waals surface area contributed by atoms with Crippen LogP contribution in [0.2, 0.25) is 5.02 Å². The van der Waals surface area contributed by atoms with Gasteiger partial charge in [0.25, 0.3) is 5.91 Å². The van der Waals surface area contributed by atoms with E-state index in [9.17, 15) is 19.5 Å². The Labute approximate surface area is 228 Å². The van der Waals surface area contributed by atoms with Crippen molar-refractivity contribution in [3.63, 3.8) is 0 Å². The van der Waals surface area contributed by atoms with Gasteiger partial charge in [-0.05, 0) is 37.3 Å². The maximum atomic E-state index is 14.7. The normalized spacial score (nSPS) is 31.7. The number of anilines is 1. The van der Waals surface area contributed by atoms with Gasteiger partial charge >= 0.3 is 5.97 Å². The maximum absolute atomic E-state index is 14.7. The molecule has 3 aliphatic rings. The van der Waals surface area contributed by atoms with E-state index in [0.717, 1.165) is 12.8 Å². The summed E-state index contributed by atoms with van der Waals surface area (Å²) in [6, 6.07) is 5.70. The van der Waals surface area contributed by atoms with Crippen LogP contribution in [0, 0.1) is 23.7 Å². The van der Waals surface area contributed by atoms with Gasteiger partial charge in [-0.2, -0.15) is 0 Å². The van der Waals surface area contributed by atoms with E-state index in [1.807, 2.05) is 19.9 Å². The number of carbonyl (C=O) groups is 3. The van der Waals surface area contributed by atoms with Crippen LogP contribution in [0.4, 0.5) is 5.69 Å². The van der Waals surface area contributed by atoms with Crippen LogP contribution in [-0.4, -0.2) is 69.6 Å². The summed E-state index contributed by atoms with van der Waals surface area (Å²) in [7, 11) is 0. The second-order valence-electron chi connectivity index (χ2n) is 10.4. The molecule has 7 nitrogen and oxygen atoms in total. The molecule has 3 aliphatic heterocycles. The van der Waals surface area contributed by atoms with Crippen molar-refractivity contribution in [2.45, 2.75) is 62.6 Å². The standard InChI is InChI=1S/C28H37ClN2O5S/c1-6-13-30(19-12-10-9-11-18(19)29)26(34)24-28-17(5)14-21(37-28)22(27(35)36-8-3)23(28)25(33)31(24)20(15-32)16(4)7-2/h6,9-12,16-17,20-24,32H,1,7-8,13-15H2,2-5H3/t16-,17?,20-,21-,22+,23-,24?,28?/m0/s1. The van der Waals surface area contributed by atoms with Crippen molar-refractivity contribution in [1.82, 2.24) is 4.90 Å². The van der Waals surface area contributed by atoms with Gasteiger partial charge in [0.1, 0.15) is 6.04 Å². The SMILES string of the molecule is C=CCN(C(=O)C1N([C@@H](CO)[C@@H](C)CC)C(=O)[C@@H]2[C@H](C(=O)OCC)[C@@H]3CC(C)C12S3)c1ccccc1Cl. The molecular formula is C28H37ClN2O5S. The molecule has 8 atom stereocenters. The third-order valence-corrected chi connectivity index (χ3v) is 10.9. The first-order chi connectivity index (χ1) is 17.7. The zero-order valence-corrected chi connectivity index (χ0v) is 23.5. The minimum Gasteiger partial charge on any atom is -0.466 e. The molecule has 3 fully saturated rings. The number of amides is 2. The highest BCUT2D eigenvalue weighted by molar-refractivity contribution is 8.02. The fourth-order valence-electron chi connectivity index (χ4n) is 6.67. The van der Waals surface area contributed by atoms with E-state index in [1.54, 1.807) is 52.8 Å². The van der Waals surface area contributed by atoms with E-state index in [-0.39, 0.29) is 54.6 Å². The molecule has 4 rings (SSSR count). The highest BCUT2D eigenvalue weighted by Crippen LogP contribution is 2.69. The second-order valence-corrected chi connectivity index (χ2v) is 12.3. The lowest BCUT2D eigenvalue weighted by atomic mass is 9.66. The van der Waals surface area contributed by atoms with Crippen molar-refractivity contribution in [3.8, 4) is 0 Å². The predicted octanol–water partition coefficient (Wildman–Crippen LogP) is 4.17. The molecule has 3 heterocycles. The van der Waals surface area contributed by atoms with Crippen molar-refractivity contribution >= 4 is 46.8 Å². The van der Waals surface area contributed by atoms with Gasteiger partial charge in [0.05, 0.1) is 46.5 Å². The summed E-state index contributed by atoms with van der Waals surface area (Å²) in [4.78, 5) is 45.4. The summed E-state index contributed by atoms with van der Waals surface area (Å²) in [5, 5.41) is 10.8. The molecule has 3 saturated heterocycles. The summed E-state index contributed by atoms with van der Waals surface area (Å²) in [5.41, 5.74) is 0.539. The zero-order valence-electron chi connectivity index (χ0n) is 21.9. The Kier molecular flexibility index (Phi) is 8.31. The van der Waals surface area contributed by atoms with Gasteiger partial charge in [0, 0.05) is 11.8 Å². The summed E-state index contributed by atoms with van der Waals surface area (Å²) >= 11 is 8.13. The first-order valence-electron chi connectivity index (χ1n) is 13.1. The molecule has 2 bridgehead atoms.